The first-order valence-electron chi connectivity index (χ1n) is 50.9. The van der Waals surface area contributed by atoms with E-state index in [4.69, 9.17) is 0 Å². The van der Waals surface area contributed by atoms with Gasteiger partial charge < -0.3 is 74.7 Å². The van der Waals surface area contributed by atoms with Crippen molar-refractivity contribution >= 4 is 40.1 Å². The van der Waals surface area contributed by atoms with Gasteiger partial charge in [-0.25, -0.2) is 9.97 Å². The zero-order valence-electron chi connectivity index (χ0n) is 84.5. The predicted octanol–water partition coefficient (Wildman–Crippen LogP) is 24.3. The van der Waals surface area contributed by atoms with Gasteiger partial charge in [0.2, 0.25) is 5.95 Å². The molecule has 9 aromatic rings. The van der Waals surface area contributed by atoms with Crippen LogP contribution in [0.2, 0.25) is 0 Å². The van der Waals surface area contributed by atoms with E-state index in [0.29, 0.717) is 18.1 Å². The highest BCUT2D eigenvalue weighted by Gasteiger charge is 2.33. The lowest BCUT2D eigenvalue weighted by Gasteiger charge is -2.45. The van der Waals surface area contributed by atoms with Gasteiger partial charge in [-0.2, -0.15) is 0 Å². The lowest BCUT2D eigenvalue weighted by molar-refractivity contribution is 0.133. The molecule has 11 aliphatic rings. The molecule has 8 aromatic carbocycles. The second kappa shape index (κ2) is 66.2. The lowest BCUT2D eigenvalue weighted by atomic mass is 9.89. The molecule has 11 heterocycles. The van der Waals surface area contributed by atoms with Gasteiger partial charge in [0, 0.05) is 227 Å². The topological polar surface area (TPSA) is 104 Å². The normalized spacial score (nSPS) is 20.1. The van der Waals surface area contributed by atoms with Crippen LogP contribution >= 0.6 is 0 Å². The largest absolute Gasteiger partial charge is 0.370 e. The second-order valence-electron chi connectivity index (χ2n) is 40.2. The maximum Gasteiger partial charge on any atom is 0.225 e. The van der Waals surface area contributed by atoms with Gasteiger partial charge in [-0.05, 0) is 310 Å². The third-order valence-electron chi connectivity index (χ3n) is 28.7. The first-order chi connectivity index (χ1) is 63.9. The number of aromatic nitrogens is 2. The fraction of sp³-hybridized carbons (Fsp3) is 0.577. The van der Waals surface area contributed by atoms with E-state index in [0.717, 1.165) is 153 Å². The monoisotopic (exact) mass is 1940 g/mol. The summed E-state index contributed by atoms with van der Waals surface area (Å²) in [5, 5.41) is 10.3. The number of piperazine rings is 6. The van der Waals surface area contributed by atoms with Crippen molar-refractivity contribution in [2.24, 2.45) is 0 Å². The number of nitrogens with zero attached hydrogens (tertiary/aromatic N) is 15. The van der Waals surface area contributed by atoms with Gasteiger partial charge in [-0.15, -0.1) is 0 Å². The number of likely N-dealkylation sites (N-methyl/N-ethyl adjacent to an activating group) is 3. The minimum Gasteiger partial charge on any atom is -0.370 e. The summed E-state index contributed by atoms with van der Waals surface area (Å²) in [7, 11) is 8.75. The van der Waals surface area contributed by atoms with E-state index in [2.05, 4.69) is 388 Å². The van der Waals surface area contributed by atoms with Crippen molar-refractivity contribution in [2.45, 2.75) is 256 Å². The van der Waals surface area contributed by atoms with Crippen LogP contribution in [0.1, 0.15) is 225 Å². The Kier molecular flexibility index (Phi) is 59.2. The first-order valence-corrected chi connectivity index (χ1v) is 50.9. The fourth-order valence-corrected chi connectivity index (χ4v) is 19.4. The Bertz CT molecular complexity index is 4460. The van der Waals surface area contributed by atoms with Gasteiger partial charge >= 0.3 is 0 Å². The molecule has 1 aromatic heterocycles. The summed E-state index contributed by atoms with van der Waals surface area (Å²) in [4.78, 5) is 40.7. The highest BCUT2D eigenvalue weighted by molar-refractivity contribution is 5.53. The molecule has 3 N–H and O–H groups in total. The number of anilines is 7. The van der Waals surface area contributed by atoms with Crippen molar-refractivity contribution in [1.29, 1.82) is 0 Å². The molecule has 2 unspecified atom stereocenters. The van der Waals surface area contributed by atoms with Crippen molar-refractivity contribution < 1.29 is 0 Å². The van der Waals surface area contributed by atoms with Gasteiger partial charge in [0.15, 0.2) is 0 Å². The smallest absolute Gasteiger partial charge is 0.225 e. The van der Waals surface area contributed by atoms with Crippen molar-refractivity contribution in [3.8, 4) is 0 Å². The molecule has 0 radical (unpaired) electrons. The van der Waals surface area contributed by atoms with Crippen LogP contribution in [0.4, 0.5) is 40.1 Å². The van der Waals surface area contributed by atoms with E-state index in [9.17, 15) is 0 Å². The zero-order chi connectivity index (χ0) is 93.1. The molecule has 10 saturated heterocycles. The molecule has 1 saturated carbocycles. The molecule has 18 heteroatoms. The number of aryl methyl sites for hydroxylation is 9. The average molecular weight is 1940 g/mol. The zero-order valence-corrected chi connectivity index (χ0v) is 84.5. The summed E-state index contributed by atoms with van der Waals surface area (Å²) < 4.78 is 0. The van der Waals surface area contributed by atoms with E-state index in [-0.39, 0.29) is 66.8 Å². The van der Waals surface area contributed by atoms with Gasteiger partial charge in [0.25, 0.3) is 0 Å². The standard InChI is InChI=1S/C15H22N2.C15H21N.2C13H20N2.C13H19N.2C12H18N2.C11H16N2.C10H16N4.9CH4/c1-13-5-7-14(8-6-13)17-11-10-16-9-3-2-4-15(16)12-17;1-12-2-4-13(5-3-12)14-8-10-16(11-9-14)15-6-7-15;1-10-4-6-13(7-5-10)15-8-11(2)14-12(3)9-15;1-11-4-6-13(7-5-11)15-9-8-14(3)12(2)10-15;1-11-3-5-12(6-4-11)13-7-9-14(2)10-8-13;1-11-3-5-12(6-4-11)14-9-7-13(2)8-10-14;1-11-3-5-12(6-4-11)14-9-2-7-13-8-10-14;1-10-2-4-11(5-3-10)13-8-6-12-7-9-13;1-9-7-11-10(12-8-9)14-5-3-13(2)4-6-14;;;;;;;;;/h5-8,15H,2-4,9-12H2,1H3;2-5,14-15H,6-11H2,1H3;4-7,11-12,14H,8-9H2,1-3H3;4-7,12H,8-10H2,1-3H3;3-6,13H,7-10H2,1-2H3;3-6H,7-10H2,1-2H3;3-6,13H,2,7-10H2,1H3;2-5,12H,6-9H2,1H3;7-8H,3-6H2,1-2H3;9*1H4/t;;11-,12+;;;;;;;;;;;;;;;. The number of benzene rings is 8. The minimum absolute atomic E-state index is 0. The number of piperidine rings is 3. The maximum atomic E-state index is 4.32. The molecule has 10 aliphatic heterocycles. The number of nitrogens with one attached hydrogen (secondary N) is 3. The Labute approximate surface area is 866 Å². The van der Waals surface area contributed by atoms with E-state index in [1.165, 1.54) is 220 Å². The Morgan fingerprint density at radius 2 is 0.553 bits per heavy atom. The highest BCUT2D eigenvalue weighted by Crippen LogP contribution is 2.36. The number of rotatable bonds is 10. The maximum absolute atomic E-state index is 4.32. The number of likely N-dealkylation sites (tertiary alicyclic amines) is 2. The summed E-state index contributed by atoms with van der Waals surface area (Å²) in [6.07, 6.45) is 17.5. The van der Waals surface area contributed by atoms with Crippen LogP contribution in [0.5, 0.6) is 0 Å². The molecule has 141 heavy (non-hydrogen) atoms. The molecule has 4 atom stereocenters. The van der Waals surface area contributed by atoms with Crippen LogP contribution in [-0.2, 0) is 0 Å². The SMILES string of the molecule is C.C.C.C.C.C.C.C.C.Cc1ccc(C2CCN(C)CC2)cc1.Cc1ccc(C2CCN(C3CC3)CC2)cc1.Cc1ccc(N2CCCNCC2)cc1.Cc1ccc(N2CCN(C)C(C)C2)cc1.Cc1ccc(N2CCN(C)CC2)cc1.Cc1ccc(N2CCN3CCCCC3C2)cc1.Cc1ccc(N2CCNCC2)cc1.Cc1ccc(N2C[C@@H](C)N[C@@H](C)C2)cc1.Cc1cnc(N2CCN(C)CC2)nc1. The molecule has 788 valence electrons. The predicted molar refractivity (Wildman–Crippen MR) is 627 cm³/mol. The molecule has 0 amide bonds. The Morgan fingerprint density at radius 3 is 0.943 bits per heavy atom. The van der Waals surface area contributed by atoms with Crippen molar-refractivity contribution in [3.63, 3.8) is 0 Å². The molecule has 18 nitrogen and oxygen atoms in total. The third kappa shape index (κ3) is 42.7. The van der Waals surface area contributed by atoms with Crippen LogP contribution in [0, 0.1) is 62.3 Å². The van der Waals surface area contributed by atoms with E-state index >= 15 is 0 Å². The summed E-state index contributed by atoms with van der Waals surface area (Å²) in [6, 6.07) is 74.9. The summed E-state index contributed by atoms with van der Waals surface area (Å²) in [6.45, 7) is 59.6. The average Bonchev–Trinajstić information content (AvgIpc) is 1.66. The third-order valence-corrected chi connectivity index (χ3v) is 28.7. The first kappa shape index (κ1) is 126. The van der Waals surface area contributed by atoms with Gasteiger partial charge in [-0.3, -0.25) is 4.90 Å². The van der Waals surface area contributed by atoms with Gasteiger partial charge in [0.05, 0.1) is 0 Å². The van der Waals surface area contributed by atoms with Gasteiger partial charge in [-0.1, -0.05) is 239 Å². The minimum atomic E-state index is 0. The second-order valence-corrected chi connectivity index (χ2v) is 40.2. The quantitative estimate of drug-likeness (QED) is 0.121. The summed E-state index contributed by atoms with van der Waals surface area (Å²) in [5.74, 6) is 2.48. The Balaban J connectivity index is 0.000000405. The number of hydrogen-bond donors (Lipinski definition) is 3. The summed E-state index contributed by atoms with van der Waals surface area (Å²) in [5.41, 5.74) is 23.1. The number of hydrogen-bond acceptors (Lipinski definition) is 18. The van der Waals surface area contributed by atoms with Crippen LogP contribution < -0.4 is 50.2 Å². The highest BCUT2D eigenvalue weighted by atomic mass is 15.3. The molecule has 1 aliphatic carbocycles. The van der Waals surface area contributed by atoms with Crippen LogP contribution in [-0.4, -0.2) is 288 Å². The molecule has 0 bridgehead atoms. The van der Waals surface area contributed by atoms with E-state index in [1.807, 2.05) is 19.3 Å². The van der Waals surface area contributed by atoms with Crippen molar-refractivity contribution in [2.75, 3.05) is 252 Å². The van der Waals surface area contributed by atoms with Crippen LogP contribution in [0.15, 0.2) is 207 Å². The Hall–Kier alpha value is -8.92. The van der Waals surface area contributed by atoms with Crippen molar-refractivity contribution in [1.82, 2.24) is 55.3 Å². The number of fused-ring (bicyclic) bond motifs is 1. The molecular formula is C123H206N18. The summed E-state index contributed by atoms with van der Waals surface area (Å²) >= 11 is 0. The van der Waals surface area contributed by atoms with E-state index in [1.54, 1.807) is 5.56 Å². The molecule has 20 rings (SSSR count). The van der Waals surface area contributed by atoms with Crippen LogP contribution in [0.25, 0.3) is 0 Å². The van der Waals surface area contributed by atoms with Crippen LogP contribution in [0.3, 0.4) is 0 Å². The van der Waals surface area contributed by atoms with Gasteiger partial charge in [0.1, 0.15) is 0 Å². The molecule has 11 fully saturated rings. The fourth-order valence-electron chi connectivity index (χ4n) is 19.4. The molecular weight excluding hydrogens is 1730 g/mol. The molecule has 0 spiro atoms. The van der Waals surface area contributed by atoms with E-state index < -0.39 is 0 Å². The van der Waals surface area contributed by atoms with Crippen molar-refractivity contribution in [3.05, 3.63) is 268 Å². The Morgan fingerprint density at radius 1 is 0.241 bits per heavy atom. The lowest BCUT2D eigenvalue weighted by Crippen LogP contribution is -2.54.